The maximum absolute atomic E-state index is 12.5. The maximum Gasteiger partial charge on any atom is 0.240 e. The van der Waals surface area contributed by atoms with Crippen LogP contribution in [0.3, 0.4) is 0 Å². The molecule has 0 fully saturated rings. The molecular weight excluding hydrogens is 422 g/mol. The van der Waals surface area contributed by atoms with Crippen LogP contribution in [0.5, 0.6) is 5.75 Å². The third kappa shape index (κ3) is 5.47. The molecule has 0 aliphatic rings. The van der Waals surface area contributed by atoms with Crippen molar-refractivity contribution >= 4 is 18.1 Å². The summed E-state index contributed by atoms with van der Waals surface area (Å²) in [6.45, 7) is 2.98. The van der Waals surface area contributed by atoms with Crippen LogP contribution in [0, 0.1) is 11.7 Å². The molecule has 0 spiro atoms. The van der Waals surface area contributed by atoms with E-state index in [0.29, 0.717) is 23.7 Å². The summed E-state index contributed by atoms with van der Waals surface area (Å²) < 4.78 is 7.87. The normalized spacial score (nSPS) is 10.7. The van der Waals surface area contributed by atoms with Crippen LogP contribution in [0.2, 0.25) is 0 Å². The second kappa shape index (κ2) is 10.0. The van der Waals surface area contributed by atoms with Gasteiger partial charge in [0.2, 0.25) is 5.91 Å². The third-order valence-corrected chi connectivity index (χ3v) is 5.22. The summed E-state index contributed by atoms with van der Waals surface area (Å²) in [6, 6.07) is 19.4. The highest BCUT2D eigenvalue weighted by Crippen LogP contribution is 2.18. The summed E-state index contributed by atoms with van der Waals surface area (Å²) >= 11 is 5.32. The number of carbonyl (C=O) groups is 1. The number of aromatic amines is 1. The molecule has 4 aromatic rings. The van der Waals surface area contributed by atoms with Gasteiger partial charge in [-0.3, -0.25) is 19.4 Å². The van der Waals surface area contributed by atoms with Crippen LogP contribution in [-0.2, 0) is 24.5 Å². The molecule has 32 heavy (non-hydrogen) atoms. The molecule has 0 saturated carbocycles. The first-order valence-corrected chi connectivity index (χ1v) is 10.6. The van der Waals surface area contributed by atoms with E-state index in [0.717, 1.165) is 28.0 Å². The van der Waals surface area contributed by atoms with Crippen molar-refractivity contribution < 1.29 is 9.53 Å². The summed E-state index contributed by atoms with van der Waals surface area (Å²) in [6.07, 6.45) is 3.51. The lowest BCUT2D eigenvalue weighted by Gasteiger charge is -2.10. The van der Waals surface area contributed by atoms with Crippen molar-refractivity contribution in [2.24, 2.45) is 0 Å². The molecule has 0 unspecified atom stereocenters. The molecule has 0 aliphatic carbocycles. The van der Waals surface area contributed by atoms with E-state index in [-0.39, 0.29) is 12.5 Å². The van der Waals surface area contributed by atoms with Gasteiger partial charge in [0, 0.05) is 30.1 Å². The molecule has 0 aliphatic heterocycles. The Hall–Kier alpha value is -3.78. The Balaban J connectivity index is 1.32. The average Bonchev–Trinajstić information content (AvgIpc) is 3.18. The molecule has 0 atom stereocenters. The monoisotopic (exact) mass is 445 g/mol. The van der Waals surface area contributed by atoms with Crippen LogP contribution in [0.15, 0.2) is 73.1 Å². The lowest BCUT2D eigenvalue weighted by Crippen LogP contribution is -2.27. The van der Waals surface area contributed by atoms with Crippen LogP contribution >= 0.6 is 12.2 Å². The smallest absolute Gasteiger partial charge is 0.240 e. The molecule has 2 aromatic carbocycles. The maximum atomic E-state index is 12.5. The number of aromatic nitrogens is 4. The van der Waals surface area contributed by atoms with Gasteiger partial charge < -0.3 is 10.1 Å². The molecule has 2 heterocycles. The van der Waals surface area contributed by atoms with Gasteiger partial charge in [0.05, 0.1) is 0 Å². The fourth-order valence-electron chi connectivity index (χ4n) is 3.14. The first-order chi connectivity index (χ1) is 15.6. The number of amides is 1. The molecule has 0 bridgehead atoms. The first-order valence-electron chi connectivity index (χ1n) is 10.2. The zero-order valence-electron chi connectivity index (χ0n) is 17.6. The van der Waals surface area contributed by atoms with E-state index in [4.69, 9.17) is 17.0 Å². The van der Waals surface area contributed by atoms with Crippen molar-refractivity contribution in [1.82, 2.24) is 25.1 Å². The summed E-state index contributed by atoms with van der Waals surface area (Å²) in [5.74, 6) is 1.25. The number of nitrogens with zero attached hydrogens (tertiary/aromatic N) is 3. The Morgan fingerprint density at radius 2 is 1.88 bits per heavy atom. The SMILES string of the molecule is Cc1ccc(-c2n[nH]c(=S)n2CC(=O)NCc2ccc(OCc3cccnc3)cc2)cc1. The van der Waals surface area contributed by atoms with Gasteiger partial charge in [-0.05, 0) is 42.9 Å². The van der Waals surface area contributed by atoms with E-state index in [9.17, 15) is 4.79 Å². The zero-order valence-corrected chi connectivity index (χ0v) is 18.4. The second-order valence-corrected chi connectivity index (χ2v) is 7.76. The summed E-state index contributed by atoms with van der Waals surface area (Å²) in [5.41, 5.74) is 4.03. The summed E-state index contributed by atoms with van der Waals surface area (Å²) in [7, 11) is 0. The molecular formula is C24H23N5O2S. The number of hydrogen-bond donors (Lipinski definition) is 2. The van der Waals surface area contributed by atoms with Gasteiger partial charge in [0.25, 0.3) is 0 Å². The van der Waals surface area contributed by atoms with E-state index in [2.05, 4.69) is 20.5 Å². The zero-order chi connectivity index (χ0) is 22.3. The molecule has 8 heteroatoms. The minimum absolute atomic E-state index is 0.0881. The van der Waals surface area contributed by atoms with Gasteiger partial charge in [0.1, 0.15) is 18.9 Å². The largest absolute Gasteiger partial charge is 0.489 e. The Morgan fingerprint density at radius 1 is 1.09 bits per heavy atom. The molecule has 2 aromatic heterocycles. The minimum Gasteiger partial charge on any atom is -0.489 e. The predicted molar refractivity (Wildman–Crippen MR) is 124 cm³/mol. The highest BCUT2D eigenvalue weighted by molar-refractivity contribution is 7.71. The number of hydrogen-bond acceptors (Lipinski definition) is 5. The van der Waals surface area contributed by atoms with E-state index in [1.54, 1.807) is 17.0 Å². The molecule has 0 radical (unpaired) electrons. The number of pyridine rings is 1. The highest BCUT2D eigenvalue weighted by Gasteiger charge is 2.12. The number of carbonyl (C=O) groups excluding carboxylic acids is 1. The topological polar surface area (TPSA) is 84.8 Å². The van der Waals surface area contributed by atoms with Gasteiger partial charge in [0.15, 0.2) is 10.6 Å². The number of nitrogens with one attached hydrogen (secondary N) is 2. The quantitative estimate of drug-likeness (QED) is 0.397. The van der Waals surface area contributed by atoms with Gasteiger partial charge in [-0.15, -0.1) is 0 Å². The number of rotatable bonds is 8. The van der Waals surface area contributed by atoms with Crippen LogP contribution in [0.1, 0.15) is 16.7 Å². The summed E-state index contributed by atoms with van der Waals surface area (Å²) in [5, 5.41) is 9.99. The van der Waals surface area contributed by atoms with Crippen molar-refractivity contribution in [3.05, 3.63) is 94.5 Å². The summed E-state index contributed by atoms with van der Waals surface area (Å²) in [4.78, 5) is 16.6. The van der Waals surface area contributed by atoms with E-state index in [1.807, 2.05) is 67.6 Å². The van der Waals surface area contributed by atoms with E-state index < -0.39 is 0 Å². The molecule has 0 saturated heterocycles. The Labute approximate surface area is 191 Å². The fraction of sp³-hybridized carbons (Fsp3) is 0.167. The standard InChI is InChI=1S/C24H23N5O2S/c1-17-4-8-20(9-5-17)23-27-28-24(32)29(23)15-22(30)26-14-18-6-10-21(11-7-18)31-16-19-3-2-12-25-13-19/h2-13H,14-16H2,1H3,(H,26,30)(H,28,32). The van der Waals surface area contributed by atoms with Gasteiger partial charge >= 0.3 is 0 Å². The minimum atomic E-state index is -0.146. The lowest BCUT2D eigenvalue weighted by atomic mass is 10.1. The molecule has 7 nitrogen and oxygen atoms in total. The van der Waals surface area contributed by atoms with Crippen molar-refractivity contribution in [1.29, 1.82) is 0 Å². The van der Waals surface area contributed by atoms with Crippen molar-refractivity contribution in [2.45, 2.75) is 26.6 Å². The lowest BCUT2D eigenvalue weighted by molar-refractivity contribution is -0.121. The number of benzene rings is 2. The molecule has 4 rings (SSSR count). The van der Waals surface area contributed by atoms with Gasteiger partial charge in [-0.2, -0.15) is 5.10 Å². The second-order valence-electron chi connectivity index (χ2n) is 7.38. The van der Waals surface area contributed by atoms with Crippen molar-refractivity contribution in [2.75, 3.05) is 0 Å². The van der Waals surface area contributed by atoms with Crippen LogP contribution in [-0.4, -0.2) is 25.7 Å². The molecule has 162 valence electrons. The van der Waals surface area contributed by atoms with Gasteiger partial charge in [-0.25, -0.2) is 0 Å². The Morgan fingerprint density at radius 3 is 2.59 bits per heavy atom. The van der Waals surface area contributed by atoms with E-state index >= 15 is 0 Å². The van der Waals surface area contributed by atoms with E-state index in [1.165, 1.54) is 0 Å². The Bertz CT molecular complexity index is 1230. The first kappa shape index (κ1) is 21.5. The number of aryl methyl sites for hydroxylation is 1. The van der Waals surface area contributed by atoms with Crippen molar-refractivity contribution in [3.8, 4) is 17.1 Å². The number of ether oxygens (including phenoxy) is 1. The van der Waals surface area contributed by atoms with Gasteiger partial charge in [-0.1, -0.05) is 48.0 Å². The molecule has 1 amide bonds. The molecule has 2 N–H and O–H groups in total. The van der Waals surface area contributed by atoms with Crippen molar-refractivity contribution in [3.63, 3.8) is 0 Å². The fourth-order valence-corrected chi connectivity index (χ4v) is 3.34. The van der Waals surface area contributed by atoms with Crippen LogP contribution in [0.25, 0.3) is 11.4 Å². The highest BCUT2D eigenvalue weighted by atomic mass is 32.1. The Kier molecular flexibility index (Phi) is 6.72. The third-order valence-electron chi connectivity index (χ3n) is 4.91. The predicted octanol–water partition coefficient (Wildman–Crippen LogP) is 4.21. The van der Waals surface area contributed by atoms with Crippen LogP contribution in [0.4, 0.5) is 0 Å². The average molecular weight is 446 g/mol. The number of H-pyrrole nitrogens is 1. The van der Waals surface area contributed by atoms with Crippen LogP contribution < -0.4 is 10.1 Å².